The fraction of sp³-hybridized carbons (Fsp3) is 0.786. The predicted octanol–water partition coefficient (Wildman–Crippen LogP) is 3.35. The van der Waals surface area contributed by atoms with Crippen LogP contribution in [0.4, 0.5) is 0 Å². The van der Waals surface area contributed by atoms with Crippen LogP contribution in [0.25, 0.3) is 0 Å². The van der Waals surface area contributed by atoms with Crippen LogP contribution in [0.2, 0.25) is 0 Å². The average molecular weight is 237 g/mol. The van der Waals surface area contributed by atoms with Gasteiger partial charge in [0.2, 0.25) is 0 Å². The lowest BCUT2D eigenvalue weighted by molar-refractivity contribution is 0.413. The highest BCUT2D eigenvalue weighted by molar-refractivity contribution is 5.27. The van der Waals surface area contributed by atoms with Gasteiger partial charge in [0.1, 0.15) is 0 Å². The highest BCUT2D eigenvalue weighted by Gasteiger charge is 2.17. The van der Waals surface area contributed by atoms with Crippen LogP contribution in [0, 0.1) is 19.8 Å². The third-order valence-corrected chi connectivity index (χ3v) is 3.51. The smallest absolute Gasteiger partial charge is 0.0644 e. The van der Waals surface area contributed by atoms with Crippen LogP contribution < -0.4 is 5.73 Å². The van der Waals surface area contributed by atoms with Crippen molar-refractivity contribution in [3.05, 3.63) is 17.0 Å². The first kappa shape index (κ1) is 14.2. The van der Waals surface area contributed by atoms with E-state index in [0.717, 1.165) is 18.7 Å². The molecule has 0 aliphatic carbocycles. The molecule has 0 aliphatic rings. The van der Waals surface area contributed by atoms with Gasteiger partial charge in [0, 0.05) is 23.8 Å². The topological polar surface area (TPSA) is 43.8 Å². The molecule has 1 aromatic heterocycles. The number of nitrogens with two attached hydrogens (primary N) is 1. The normalized spacial score (nSPS) is 14.9. The molecule has 0 aromatic carbocycles. The summed E-state index contributed by atoms with van der Waals surface area (Å²) in [6, 6.07) is 0.130. The maximum atomic E-state index is 6.15. The van der Waals surface area contributed by atoms with Crippen LogP contribution in [0.1, 0.15) is 63.0 Å². The zero-order valence-electron chi connectivity index (χ0n) is 12.0. The molecule has 2 unspecified atom stereocenters. The SMILES string of the molecule is CCCC(C)Cn1nc(C)c(C(N)CC)c1C. The summed E-state index contributed by atoms with van der Waals surface area (Å²) in [6.45, 7) is 11.9. The lowest BCUT2D eigenvalue weighted by atomic mass is 10.0. The molecule has 0 fully saturated rings. The molecular weight excluding hydrogens is 210 g/mol. The fourth-order valence-electron chi connectivity index (χ4n) is 2.51. The second kappa shape index (κ2) is 6.20. The summed E-state index contributed by atoms with van der Waals surface area (Å²) in [6.07, 6.45) is 3.47. The fourth-order valence-corrected chi connectivity index (χ4v) is 2.51. The van der Waals surface area contributed by atoms with Crippen molar-refractivity contribution < 1.29 is 0 Å². The Morgan fingerprint density at radius 2 is 1.94 bits per heavy atom. The highest BCUT2D eigenvalue weighted by Crippen LogP contribution is 2.23. The molecule has 2 N–H and O–H groups in total. The third-order valence-electron chi connectivity index (χ3n) is 3.51. The summed E-state index contributed by atoms with van der Waals surface area (Å²) in [4.78, 5) is 0. The van der Waals surface area contributed by atoms with Crippen molar-refractivity contribution >= 4 is 0 Å². The van der Waals surface area contributed by atoms with E-state index < -0.39 is 0 Å². The molecule has 17 heavy (non-hydrogen) atoms. The van der Waals surface area contributed by atoms with Gasteiger partial charge in [-0.1, -0.05) is 27.2 Å². The van der Waals surface area contributed by atoms with Gasteiger partial charge in [0.15, 0.2) is 0 Å². The minimum Gasteiger partial charge on any atom is -0.324 e. The van der Waals surface area contributed by atoms with Crippen LogP contribution >= 0.6 is 0 Å². The molecule has 0 amide bonds. The number of aromatic nitrogens is 2. The minimum absolute atomic E-state index is 0.130. The predicted molar refractivity (Wildman–Crippen MR) is 73.0 cm³/mol. The molecule has 0 radical (unpaired) electrons. The summed E-state index contributed by atoms with van der Waals surface area (Å²) < 4.78 is 2.14. The zero-order chi connectivity index (χ0) is 13.0. The summed E-state index contributed by atoms with van der Waals surface area (Å²) in [5, 5.41) is 4.64. The van der Waals surface area contributed by atoms with E-state index in [-0.39, 0.29) is 6.04 Å². The average Bonchev–Trinajstić information content (AvgIpc) is 2.54. The van der Waals surface area contributed by atoms with Gasteiger partial charge in [0.05, 0.1) is 5.69 Å². The van der Waals surface area contributed by atoms with Gasteiger partial charge in [0.25, 0.3) is 0 Å². The van der Waals surface area contributed by atoms with E-state index in [9.17, 15) is 0 Å². The van der Waals surface area contributed by atoms with Crippen molar-refractivity contribution in [1.29, 1.82) is 0 Å². The van der Waals surface area contributed by atoms with E-state index in [2.05, 4.69) is 44.4 Å². The first-order valence-electron chi connectivity index (χ1n) is 6.80. The lowest BCUT2D eigenvalue weighted by Crippen LogP contribution is -2.13. The number of hydrogen-bond acceptors (Lipinski definition) is 2. The van der Waals surface area contributed by atoms with E-state index in [1.165, 1.54) is 24.1 Å². The first-order valence-corrected chi connectivity index (χ1v) is 6.80. The molecule has 0 bridgehead atoms. The Morgan fingerprint density at radius 1 is 1.29 bits per heavy atom. The molecule has 0 aliphatic heterocycles. The molecular formula is C14H27N3. The molecule has 2 atom stereocenters. The van der Waals surface area contributed by atoms with Gasteiger partial charge in [-0.15, -0.1) is 0 Å². The Labute approximate surface area is 105 Å². The van der Waals surface area contributed by atoms with Crippen LogP contribution in [-0.4, -0.2) is 9.78 Å². The third kappa shape index (κ3) is 3.32. The number of aryl methyl sites for hydroxylation is 1. The Morgan fingerprint density at radius 3 is 2.47 bits per heavy atom. The molecule has 1 rings (SSSR count). The maximum Gasteiger partial charge on any atom is 0.0644 e. The van der Waals surface area contributed by atoms with Crippen LogP contribution in [0.5, 0.6) is 0 Å². The number of hydrogen-bond donors (Lipinski definition) is 1. The largest absolute Gasteiger partial charge is 0.324 e. The minimum atomic E-state index is 0.130. The van der Waals surface area contributed by atoms with E-state index >= 15 is 0 Å². The quantitative estimate of drug-likeness (QED) is 0.824. The van der Waals surface area contributed by atoms with Crippen LogP contribution in [-0.2, 0) is 6.54 Å². The molecule has 3 nitrogen and oxygen atoms in total. The van der Waals surface area contributed by atoms with Crippen LogP contribution in [0.15, 0.2) is 0 Å². The Balaban J connectivity index is 2.88. The van der Waals surface area contributed by atoms with Gasteiger partial charge < -0.3 is 5.73 Å². The monoisotopic (exact) mass is 237 g/mol. The highest BCUT2D eigenvalue weighted by atomic mass is 15.3. The lowest BCUT2D eigenvalue weighted by Gasteiger charge is -2.13. The second-order valence-electron chi connectivity index (χ2n) is 5.18. The van der Waals surface area contributed by atoms with Gasteiger partial charge in [-0.3, -0.25) is 4.68 Å². The Bertz CT molecular complexity index is 355. The van der Waals surface area contributed by atoms with Crippen molar-refractivity contribution in [3.8, 4) is 0 Å². The van der Waals surface area contributed by atoms with E-state index in [1.807, 2.05) is 0 Å². The van der Waals surface area contributed by atoms with E-state index in [0.29, 0.717) is 5.92 Å². The Hall–Kier alpha value is -0.830. The molecule has 3 heteroatoms. The molecule has 0 spiro atoms. The van der Waals surface area contributed by atoms with Gasteiger partial charge in [-0.05, 0) is 32.6 Å². The first-order chi connectivity index (χ1) is 8.01. The van der Waals surface area contributed by atoms with Crippen molar-refractivity contribution in [2.24, 2.45) is 11.7 Å². The summed E-state index contributed by atoms with van der Waals surface area (Å²) in [7, 11) is 0. The van der Waals surface area contributed by atoms with Crippen LogP contribution in [0.3, 0.4) is 0 Å². The summed E-state index contributed by atoms with van der Waals surface area (Å²) in [5.74, 6) is 0.684. The van der Waals surface area contributed by atoms with Gasteiger partial charge in [-0.2, -0.15) is 5.10 Å². The molecule has 0 saturated heterocycles. The van der Waals surface area contributed by atoms with Crippen molar-refractivity contribution in [2.75, 3.05) is 0 Å². The summed E-state index contributed by atoms with van der Waals surface area (Å²) >= 11 is 0. The van der Waals surface area contributed by atoms with Crippen molar-refractivity contribution in [1.82, 2.24) is 9.78 Å². The molecule has 1 aromatic rings. The summed E-state index contributed by atoms with van der Waals surface area (Å²) in [5.41, 5.74) is 9.74. The second-order valence-corrected chi connectivity index (χ2v) is 5.18. The zero-order valence-corrected chi connectivity index (χ0v) is 12.0. The van der Waals surface area contributed by atoms with E-state index in [1.54, 1.807) is 0 Å². The molecule has 0 saturated carbocycles. The number of rotatable bonds is 6. The van der Waals surface area contributed by atoms with Crippen molar-refractivity contribution in [2.45, 2.75) is 66.5 Å². The molecule has 98 valence electrons. The van der Waals surface area contributed by atoms with Gasteiger partial charge >= 0.3 is 0 Å². The Kier molecular flexibility index (Phi) is 5.19. The molecule has 1 heterocycles. The van der Waals surface area contributed by atoms with E-state index in [4.69, 9.17) is 5.73 Å². The van der Waals surface area contributed by atoms with Crippen molar-refractivity contribution in [3.63, 3.8) is 0 Å². The van der Waals surface area contributed by atoms with Gasteiger partial charge in [-0.25, -0.2) is 0 Å². The standard InChI is InChI=1S/C14H27N3/c1-6-8-10(3)9-17-12(5)14(11(4)16-17)13(15)7-2/h10,13H,6-9,15H2,1-5H3. The maximum absolute atomic E-state index is 6.15. The number of nitrogens with zero attached hydrogens (tertiary/aromatic N) is 2.